The van der Waals surface area contributed by atoms with Crippen molar-refractivity contribution < 1.29 is 18.3 Å². The van der Waals surface area contributed by atoms with Crippen LogP contribution in [0.1, 0.15) is 35.1 Å². The molecular weight excluding hydrogens is 525 g/mol. The van der Waals surface area contributed by atoms with Crippen molar-refractivity contribution in [3.63, 3.8) is 0 Å². The van der Waals surface area contributed by atoms with E-state index in [0.717, 1.165) is 53.2 Å². The molecule has 1 saturated heterocycles. The molecule has 5 nitrogen and oxygen atoms in total. The second-order valence-electron chi connectivity index (χ2n) is 10.7. The lowest BCUT2D eigenvalue weighted by atomic mass is 9.74. The Morgan fingerprint density at radius 3 is 2.32 bits per heavy atom. The highest BCUT2D eigenvalue weighted by molar-refractivity contribution is 5.71. The SMILES string of the molecule is C=C(NC)c1cccc(-c2cccc(CC(O)(C(=C)Nc3ccc(C#N)c(C(F)(F)F)c3)C3CCN(C)CC3)c2)c1. The number of nitrogens with zero attached hydrogens (tertiary/aromatic N) is 2. The molecule has 1 unspecified atom stereocenters. The first kappa shape index (κ1) is 29.9. The molecule has 3 aromatic carbocycles. The van der Waals surface area contributed by atoms with Crippen molar-refractivity contribution in [2.45, 2.75) is 31.0 Å². The monoisotopic (exact) mass is 560 g/mol. The number of nitrogens with one attached hydrogen (secondary N) is 2. The van der Waals surface area contributed by atoms with E-state index in [1.807, 2.05) is 62.6 Å². The molecule has 1 fully saturated rings. The van der Waals surface area contributed by atoms with Crippen LogP contribution in [-0.4, -0.2) is 42.8 Å². The zero-order chi connectivity index (χ0) is 29.8. The maximum atomic E-state index is 13.6. The maximum absolute atomic E-state index is 13.6. The molecule has 3 aromatic rings. The van der Waals surface area contributed by atoms with Crippen molar-refractivity contribution in [3.05, 3.63) is 108 Å². The van der Waals surface area contributed by atoms with Gasteiger partial charge in [-0.05, 0) is 85.4 Å². The van der Waals surface area contributed by atoms with Crippen LogP contribution in [0.25, 0.3) is 16.8 Å². The summed E-state index contributed by atoms with van der Waals surface area (Å²) < 4.78 is 40.8. The minimum Gasteiger partial charge on any atom is -0.388 e. The Morgan fingerprint density at radius 2 is 1.68 bits per heavy atom. The van der Waals surface area contributed by atoms with Gasteiger partial charge in [0.05, 0.1) is 17.2 Å². The minimum absolute atomic E-state index is 0.114. The fourth-order valence-electron chi connectivity index (χ4n) is 5.42. The van der Waals surface area contributed by atoms with Crippen LogP contribution in [0.15, 0.2) is 85.6 Å². The summed E-state index contributed by atoms with van der Waals surface area (Å²) >= 11 is 0. The molecule has 1 heterocycles. The van der Waals surface area contributed by atoms with E-state index in [1.165, 1.54) is 6.07 Å². The van der Waals surface area contributed by atoms with Crippen LogP contribution in [0.4, 0.5) is 18.9 Å². The molecule has 1 aliphatic heterocycles. The smallest absolute Gasteiger partial charge is 0.388 e. The lowest BCUT2D eigenvalue weighted by Gasteiger charge is -2.42. The molecule has 3 N–H and O–H groups in total. The van der Waals surface area contributed by atoms with Gasteiger partial charge in [0.25, 0.3) is 0 Å². The molecule has 0 spiro atoms. The molecule has 0 amide bonds. The molecule has 0 bridgehead atoms. The quantitative estimate of drug-likeness (QED) is 0.273. The summed E-state index contributed by atoms with van der Waals surface area (Å²) in [6, 6.07) is 20.9. The van der Waals surface area contributed by atoms with E-state index >= 15 is 0 Å². The van der Waals surface area contributed by atoms with Crippen molar-refractivity contribution in [1.29, 1.82) is 5.26 Å². The van der Waals surface area contributed by atoms with Gasteiger partial charge in [-0.15, -0.1) is 0 Å². The summed E-state index contributed by atoms with van der Waals surface area (Å²) in [5.74, 6) is -0.162. The average molecular weight is 561 g/mol. The summed E-state index contributed by atoms with van der Waals surface area (Å²) in [6.45, 7) is 9.75. The first-order valence-electron chi connectivity index (χ1n) is 13.5. The molecule has 1 aliphatic rings. The van der Waals surface area contributed by atoms with Gasteiger partial charge in [0.1, 0.15) is 5.60 Å². The highest BCUT2D eigenvalue weighted by Gasteiger charge is 2.41. The normalized spacial score (nSPS) is 15.9. The van der Waals surface area contributed by atoms with E-state index in [4.69, 9.17) is 5.26 Å². The maximum Gasteiger partial charge on any atom is 0.417 e. The fourth-order valence-corrected chi connectivity index (χ4v) is 5.42. The lowest BCUT2D eigenvalue weighted by Crippen LogP contribution is -2.48. The van der Waals surface area contributed by atoms with E-state index in [9.17, 15) is 18.3 Å². The number of hydrogen-bond acceptors (Lipinski definition) is 5. The highest BCUT2D eigenvalue weighted by atomic mass is 19.4. The van der Waals surface area contributed by atoms with Crippen molar-refractivity contribution in [2.75, 3.05) is 32.5 Å². The summed E-state index contributed by atoms with van der Waals surface area (Å²) in [7, 11) is 3.85. The standard InChI is InChI=1S/C33H35F3N4O/c1-22(38-3)25-8-6-10-27(18-25)26-9-5-7-24(17-26)20-32(41,29-13-15-40(4)16-14-29)23(2)39-30-12-11-28(21-37)31(19-30)33(34,35)36/h5-12,17-19,29,38-39,41H,1-2,13-16,20H2,3-4H3. The number of likely N-dealkylation sites (tertiary alicyclic amines) is 1. The molecule has 8 heteroatoms. The summed E-state index contributed by atoms with van der Waals surface area (Å²) in [4.78, 5) is 2.19. The van der Waals surface area contributed by atoms with Crippen LogP contribution < -0.4 is 10.6 Å². The number of anilines is 1. The van der Waals surface area contributed by atoms with Crippen LogP contribution in [0.5, 0.6) is 0 Å². The van der Waals surface area contributed by atoms with Gasteiger partial charge in [-0.3, -0.25) is 0 Å². The molecule has 0 aromatic heterocycles. The van der Waals surface area contributed by atoms with E-state index in [1.54, 1.807) is 6.07 Å². The van der Waals surface area contributed by atoms with Crippen molar-refractivity contribution in [2.24, 2.45) is 5.92 Å². The van der Waals surface area contributed by atoms with Crippen molar-refractivity contribution in [3.8, 4) is 17.2 Å². The van der Waals surface area contributed by atoms with Crippen molar-refractivity contribution >= 4 is 11.4 Å². The third kappa shape index (κ3) is 6.82. The Hall–Kier alpha value is -4.06. The van der Waals surface area contributed by atoms with E-state index in [2.05, 4.69) is 28.7 Å². The number of nitriles is 1. The van der Waals surface area contributed by atoms with Gasteiger partial charge in [-0.2, -0.15) is 18.4 Å². The van der Waals surface area contributed by atoms with Crippen LogP contribution in [0.2, 0.25) is 0 Å². The van der Waals surface area contributed by atoms with E-state index < -0.39 is 22.9 Å². The lowest BCUT2D eigenvalue weighted by molar-refractivity contribution is -0.137. The summed E-state index contributed by atoms with van der Waals surface area (Å²) in [6.07, 6.45) is -3.04. The van der Waals surface area contributed by atoms with Crippen LogP contribution in [-0.2, 0) is 12.6 Å². The van der Waals surface area contributed by atoms with Gasteiger partial charge in [-0.1, -0.05) is 55.6 Å². The Morgan fingerprint density at radius 1 is 1.02 bits per heavy atom. The number of rotatable bonds is 9. The second-order valence-corrected chi connectivity index (χ2v) is 10.7. The molecule has 0 aliphatic carbocycles. The first-order valence-corrected chi connectivity index (χ1v) is 13.5. The number of piperidine rings is 1. The van der Waals surface area contributed by atoms with Crippen LogP contribution >= 0.6 is 0 Å². The molecule has 1 atom stereocenters. The number of aliphatic hydroxyl groups is 1. The Bertz CT molecular complexity index is 1470. The van der Waals surface area contributed by atoms with Gasteiger partial charge < -0.3 is 20.6 Å². The van der Waals surface area contributed by atoms with Gasteiger partial charge in [0.15, 0.2) is 0 Å². The van der Waals surface area contributed by atoms with Crippen LogP contribution in [0.3, 0.4) is 0 Å². The Balaban J connectivity index is 1.67. The fraction of sp³-hybridized carbons (Fsp3) is 0.303. The highest BCUT2D eigenvalue weighted by Crippen LogP contribution is 2.39. The molecular formula is C33H35F3N4O. The predicted octanol–water partition coefficient (Wildman–Crippen LogP) is 6.68. The van der Waals surface area contributed by atoms with Gasteiger partial charge >= 0.3 is 6.18 Å². The van der Waals surface area contributed by atoms with Crippen molar-refractivity contribution in [1.82, 2.24) is 10.2 Å². The molecule has 41 heavy (non-hydrogen) atoms. The Labute approximate surface area is 239 Å². The number of halogens is 3. The Kier molecular flexibility index (Phi) is 8.91. The predicted molar refractivity (Wildman–Crippen MR) is 158 cm³/mol. The largest absolute Gasteiger partial charge is 0.417 e. The molecule has 0 radical (unpaired) electrons. The van der Waals surface area contributed by atoms with E-state index in [0.29, 0.717) is 12.8 Å². The zero-order valence-electron chi connectivity index (χ0n) is 23.4. The number of benzene rings is 3. The average Bonchev–Trinajstić information content (AvgIpc) is 2.96. The topological polar surface area (TPSA) is 71.3 Å². The van der Waals surface area contributed by atoms with E-state index in [-0.39, 0.29) is 23.7 Å². The zero-order valence-corrected chi connectivity index (χ0v) is 23.4. The third-order valence-electron chi connectivity index (χ3n) is 7.90. The number of alkyl halides is 3. The molecule has 0 saturated carbocycles. The second kappa shape index (κ2) is 12.2. The first-order chi connectivity index (χ1) is 19.4. The van der Waals surface area contributed by atoms with Gasteiger partial charge in [0, 0.05) is 30.5 Å². The summed E-state index contributed by atoms with van der Waals surface area (Å²) in [5.41, 5.74) is 2.03. The third-order valence-corrected chi connectivity index (χ3v) is 7.90. The van der Waals surface area contributed by atoms with Gasteiger partial charge in [-0.25, -0.2) is 0 Å². The number of hydrogen-bond donors (Lipinski definition) is 3. The summed E-state index contributed by atoms with van der Waals surface area (Å²) in [5, 5.41) is 27.5. The van der Waals surface area contributed by atoms with Gasteiger partial charge in [0.2, 0.25) is 0 Å². The van der Waals surface area contributed by atoms with Crippen LogP contribution in [0, 0.1) is 17.2 Å². The molecule has 4 rings (SSSR count). The molecule has 214 valence electrons. The minimum atomic E-state index is -4.69.